The van der Waals surface area contributed by atoms with Crippen LogP contribution in [0, 0.1) is 11.3 Å². The van der Waals surface area contributed by atoms with Gasteiger partial charge in [0.1, 0.15) is 0 Å². The fourth-order valence-electron chi connectivity index (χ4n) is 8.69. The van der Waals surface area contributed by atoms with E-state index in [1.54, 1.807) is 11.9 Å². The summed E-state index contributed by atoms with van der Waals surface area (Å²) in [5.41, 5.74) is 4.01. The van der Waals surface area contributed by atoms with Crippen LogP contribution in [0.5, 0.6) is 0 Å². The van der Waals surface area contributed by atoms with Crippen molar-refractivity contribution in [3.63, 3.8) is 0 Å². The highest BCUT2D eigenvalue weighted by Crippen LogP contribution is 2.69. The largest absolute Gasteiger partial charge is 0.359 e. The maximum Gasteiger partial charge on any atom is 0.0974 e. The van der Waals surface area contributed by atoms with E-state index in [0.717, 1.165) is 38.5 Å². The molecular formula is C31H37NO. The van der Waals surface area contributed by atoms with Gasteiger partial charge < -0.3 is 9.64 Å². The number of nitrogens with zero attached hydrogens (tertiary/aromatic N) is 1. The molecule has 2 heteroatoms. The van der Waals surface area contributed by atoms with E-state index in [4.69, 9.17) is 8.85 Å². The molecule has 2 spiro atoms. The predicted molar refractivity (Wildman–Crippen MR) is 135 cm³/mol. The first-order chi connectivity index (χ1) is 17.1. The summed E-state index contributed by atoms with van der Waals surface area (Å²) in [6.45, 7) is 0.465. The minimum absolute atomic E-state index is 0.0410. The van der Waals surface area contributed by atoms with Crippen LogP contribution in [0.4, 0.5) is 0 Å². The van der Waals surface area contributed by atoms with E-state index < -0.39 is 6.98 Å². The molecule has 6 atom stereocenters. The summed E-state index contributed by atoms with van der Waals surface area (Å²) in [5, 5.41) is 2.64. The van der Waals surface area contributed by atoms with Gasteiger partial charge in [0.25, 0.3) is 0 Å². The van der Waals surface area contributed by atoms with Crippen molar-refractivity contribution in [3.05, 3.63) is 71.3 Å². The van der Waals surface area contributed by atoms with E-state index in [1.807, 2.05) is 0 Å². The van der Waals surface area contributed by atoms with Crippen molar-refractivity contribution in [3.8, 4) is 0 Å². The first kappa shape index (κ1) is 17.5. The fourth-order valence-corrected chi connectivity index (χ4v) is 8.69. The number of benzene rings is 2. The molecule has 172 valence electrons. The van der Waals surface area contributed by atoms with Gasteiger partial charge in [0.05, 0.1) is 11.2 Å². The molecule has 1 saturated heterocycles. The van der Waals surface area contributed by atoms with Crippen LogP contribution >= 0.6 is 0 Å². The molecule has 0 amide bonds. The van der Waals surface area contributed by atoms with Crippen molar-refractivity contribution in [2.24, 2.45) is 11.3 Å². The molecule has 2 saturated carbocycles. The van der Waals surface area contributed by atoms with E-state index in [1.165, 1.54) is 40.3 Å². The van der Waals surface area contributed by atoms with Crippen LogP contribution in [0.15, 0.2) is 65.8 Å². The number of rotatable bonds is 2. The molecule has 2 aromatic carbocycles. The SMILES string of the molecule is [2H]C([2H])([2H])N(C)[C@H]1CCC2=CC3=CC[C@]4(C)[C@@H](c5ccc6ccccc6c5)CC[C@H]4[C@@]34CC[C@]2(C1)O4. The number of fused-ring (bicyclic) bond motifs is 2. The van der Waals surface area contributed by atoms with E-state index in [2.05, 4.69) is 61.5 Å². The Morgan fingerprint density at radius 1 is 1.06 bits per heavy atom. The molecule has 5 aliphatic rings. The molecule has 3 aliphatic carbocycles. The Hall–Kier alpha value is -1.90. The molecule has 2 nitrogen and oxygen atoms in total. The van der Waals surface area contributed by atoms with E-state index >= 15 is 0 Å². The molecule has 0 radical (unpaired) electrons. The summed E-state index contributed by atoms with van der Waals surface area (Å²) in [4.78, 5) is 1.62. The second kappa shape index (κ2) is 6.83. The summed E-state index contributed by atoms with van der Waals surface area (Å²) < 4.78 is 31.2. The smallest absolute Gasteiger partial charge is 0.0974 e. The van der Waals surface area contributed by atoms with Gasteiger partial charge in [-0.3, -0.25) is 0 Å². The third-order valence-corrected chi connectivity index (χ3v) is 10.4. The lowest BCUT2D eigenvalue weighted by Gasteiger charge is -2.54. The Labute approximate surface area is 202 Å². The molecule has 2 bridgehead atoms. The Balaban J connectivity index is 1.24. The second-order valence-corrected chi connectivity index (χ2v) is 11.8. The molecule has 3 fully saturated rings. The number of ether oxygens (including phenoxy) is 1. The van der Waals surface area contributed by atoms with Crippen LogP contribution in [0.25, 0.3) is 10.8 Å². The van der Waals surface area contributed by atoms with Crippen LogP contribution in [-0.4, -0.2) is 36.2 Å². The van der Waals surface area contributed by atoms with Crippen LogP contribution in [0.2, 0.25) is 0 Å². The lowest BCUT2D eigenvalue weighted by Crippen LogP contribution is -2.55. The molecule has 33 heavy (non-hydrogen) atoms. The minimum atomic E-state index is -2.06. The summed E-state index contributed by atoms with van der Waals surface area (Å²) >= 11 is 0. The van der Waals surface area contributed by atoms with E-state index in [9.17, 15) is 0 Å². The van der Waals surface area contributed by atoms with Gasteiger partial charge >= 0.3 is 0 Å². The van der Waals surface area contributed by atoms with Crippen LogP contribution in [0.3, 0.4) is 0 Å². The number of allylic oxidation sites excluding steroid dienone is 1. The van der Waals surface area contributed by atoms with Crippen molar-refractivity contribution in [2.45, 2.75) is 81.5 Å². The fraction of sp³-hybridized carbons (Fsp3) is 0.548. The van der Waals surface area contributed by atoms with Gasteiger partial charge in [-0.15, -0.1) is 0 Å². The first-order valence-corrected chi connectivity index (χ1v) is 13.0. The molecule has 7 rings (SSSR count). The highest BCUT2D eigenvalue weighted by molar-refractivity contribution is 5.83. The van der Waals surface area contributed by atoms with Gasteiger partial charge in [0.2, 0.25) is 0 Å². The third kappa shape index (κ3) is 2.68. The molecular weight excluding hydrogens is 402 g/mol. The Morgan fingerprint density at radius 2 is 1.94 bits per heavy atom. The monoisotopic (exact) mass is 442 g/mol. The molecule has 2 heterocycles. The van der Waals surface area contributed by atoms with Gasteiger partial charge in [-0.05, 0) is 110 Å². The highest BCUT2D eigenvalue weighted by Gasteiger charge is 2.66. The average molecular weight is 443 g/mol. The van der Waals surface area contributed by atoms with Crippen LogP contribution < -0.4 is 0 Å². The van der Waals surface area contributed by atoms with Crippen molar-refractivity contribution in [2.75, 3.05) is 14.0 Å². The number of hydrogen-bond donors (Lipinski definition) is 0. The Bertz CT molecular complexity index is 1300. The van der Waals surface area contributed by atoms with E-state index in [0.29, 0.717) is 11.8 Å². The maximum atomic E-state index is 7.95. The lowest BCUT2D eigenvalue weighted by atomic mass is 9.58. The molecule has 0 aromatic heterocycles. The average Bonchev–Trinajstić information content (AvgIpc) is 3.37. The van der Waals surface area contributed by atoms with Crippen molar-refractivity contribution < 1.29 is 8.85 Å². The summed E-state index contributed by atoms with van der Waals surface area (Å²) in [5.74, 6) is 1.03. The normalized spacial score (nSPS) is 43.1. The molecule has 2 aliphatic heterocycles. The quantitative estimate of drug-likeness (QED) is 0.496. The van der Waals surface area contributed by atoms with Gasteiger partial charge in [-0.2, -0.15) is 0 Å². The maximum absolute atomic E-state index is 7.95. The molecule has 0 N–H and O–H groups in total. The van der Waals surface area contributed by atoms with Crippen LogP contribution in [-0.2, 0) is 4.74 Å². The Kier molecular flexibility index (Phi) is 3.63. The standard InChI is InChI=1S/C31H37NO/c1-29-15-14-25-19-24-10-11-26(32(2)3)20-30(24)16-17-31(25,33-30)28(29)13-12-27(29)23-9-8-21-6-4-5-7-22(21)18-23/h4-9,14,18-19,26-28H,10-13,15-17,20H2,1-3H3/t26-,27+,28+,29+,30+,31+/m0/s1/i2D3. The zero-order chi connectivity index (χ0) is 24.9. The predicted octanol–water partition coefficient (Wildman–Crippen LogP) is 7.01. The lowest BCUT2D eigenvalue weighted by molar-refractivity contribution is -0.139. The van der Waals surface area contributed by atoms with Gasteiger partial charge in [-0.1, -0.05) is 61.5 Å². The van der Waals surface area contributed by atoms with Crippen molar-refractivity contribution in [1.29, 1.82) is 0 Å². The summed E-state index contributed by atoms with van der Waals surface area (Å²) in [7, 11) is 1.77. The highest BCUT2D eigenvalue weighted by atomic mass is 16.5. The topological polar surface area (TPSA) is 12.5 Å². The minimum Gasteiger partial charge on any atom is -0.359 e. The zero-order valence-corrected chi connectivity index (χ0v) is 19.9. The third-order valence-electron chi connectivity index (χ3n) is 10.4. The van der Waals surface area contributed by atoms with Crippen molar-refractivity contribution >= 4 is 10.8 Å². The van der Waals surface area contributed by atoms with Gasteiger partial charge in [0.15, 0.2) is 0 Å². The second-order valence-electron chi connectivity index (χ2n) is 11.8. The van der Waals surface area contributed by atoms with Gasteiger partial charge in [0, 0.05) is 10.2 Å². The number of hydrogen-bond acceptors (Lipinski definition) is 2. The zero-order valence-electron chi connectivity index (χ0n) is 22.9. The van der Waals surface area contributed by atoms with Crippen molar-refractivity contribution in [1.82, 2.24) is 4.90 Å². The van der Waals surface area contributed by atoms with E-state index in [-0.39, 0.29) is 22.7 Å². The molecule has 0 unspecified atom stereocenters. The molecule has 2 aromatic rings. The van der Waals surface area contributed by atoms with Gasteiger partial charge in [-0.25, -0.2) is 0 Å². The summed E-state index contributed by atoms with van der Waals surface area (Å²) in [6, 6.07) is 15.8. The first-order valence-electron chi connectivity index (χ1n) is 14.5. The Morgan fingerprint density at radius 3 is 2.82 bits per heavy atom. The van der Waals surface area contributed by atoms with Crippen LogP contribution in [0.1, 0.15) is 73.9 Å². The summed E-state index contributed by atoms with van der Waals surface area (Å²) in [6.07, 6.45) is 13.3.